The minimum atomic E-state index is -0.971. The molecule has 0 saturated heterocycles. The van der Waals surface area contributed by atoms with E-state index >= 15 is 0 Å². The third-order valence-electron chi connectivity index (χ3n) is 2.54. The van der Waals surface area contributed by atoms with Crippen molar-refractivity contribution in [2.45, 2.75) is 38.8 Å². The zero-order valence-corrected chi connectivity index (χ0v) is 8.64. The lowest BCUT2D eigenvalue weighted by Crippen LogP contribution is -2.23. The second-order valence-electron chi connectivity index (χ2n) is 3.75. The van der Waals surface area contributed by atoms with Gasteiger partial charge in [-0.15, -0.1) is 5.10 Å². The summed E-state index contributed by atoms with van der Waals surface area (Å²) in [5.74, 6) is -0.553. The second-order valence-corrected chi connectivity index (χ2v) is 3.75. The highest BCUT2D eigenvalue weighted by Crippen LogP contribution is 2.19. The van der Waals surface area contributed by atoms with Crippen molar-refractivity contribution in [2.24, 2.45) is 0 Å². The SMILES string of the molecule is C[C@H](Oc1cc2n(n1)CCCC2)C(=O)O. The van der Waals surface area contributed by atoms with Gasteiger partial charge in [-0.25, -0.2) is 4.79 Å². The summed E-state index contributed by atoms with van der Waals surface area (Å²) < 4.78 is 7.09. The third-order valence-corrected chi connectivity index (χ3v) is 2.54. The predicted octanol–water partition coefficient (Wildman–Crippen LogP) is 1.07. The lowest BCUT2D eigenvalue weighted by Gasteiger charge is -2.11. The first kappa shape index (κ1) is 10.0. The number of nitrogens with zero attached hydrogens (tertiary/aromatic N) is 2. The van der Waals surface area contributed by atoms with Crippen LogP contribution in [0.25, 0.3) is 0 Å². The van der Waals surface area contributed by atoms with Crippen LogP contribution in [-0.4, -0.2) is 27.0 Å². The molecule has 0 saturated carbocycles. The molecule has 1 N–H and O–H groups in total. The van der Waals surface area contributed by atoms with Crippen molar-refractivity contribution in [3.05, 3.63) is 11.8 Å². The van der Waals surface area contributed by atoms with E-state index < -0.39 is 12.1 Å². The zero-order chi connectivity index (χ0) is 10.8. The Balaban J connectivity index is 2.09. The molecule has 1 aliphatic heterocycles. The molecule has 0 aromatic carbocycles. The van der Waals surface area contributed by atoms with Crippen molar-refractivity contribution < 1.29 is 14.6 Å². The Kier molecular flexibility index (Phi) is 2.62. The van der Waals surface area contributed by atoms with Gasteiger partial charge < -0.3 is 9.84 Å². The Bertz CT molecular complexity index is 349. The van der Waals surface area contributed by atoms with Crippen LogP contribution in [0.5, 0.6) is 5.88 Å². The molecule has 0 amide bonds. The molecule has 0 bridgehead atoms. The van der Waals surface area contributed by atoms with Gasteiger partial charge in [0.05, 0.1) is 0 Å². The Morgan fingerprint density at radius 2 is 2.47 bits per heavy atom. The summed E-state index contributed by atoms with van der Waals surface area (Å²) in [7, 11) is 0. The molecule has 1 aromatic rings. The van der Waals surface area contributed by atoms with Crippen molar-refractivity contribution in [2.75, 3.05) is 0 Å². The van der Waals surface area contributed by atoms with Crippen LogP contribution in [0.2, 0.25) is 0 Å². The van der Waals surface area contributed by atoms with Crippen LogP contribution in [0.4, 0.5) is 0 Å². The molecular formula is C10H14N2O3. The number of fused-ring (bicyclic) bond motifs is 1. The summed E-state index contributed by atoms with van der Waals surface area (Å²) in [4.78, 5) is 10.6. The van der Waals surface area contributed by atoms with Crippen LogP contribution >= 0.6 is 0 Å². The average molecular weight is 210 g/mol. The number of aryl methyl sites for hydroxylation is 2. The minimum absolute atomic E-state index is 0.418. The smallest absolute Gasteiger partial charge is 0.344 e. The fraction of sp³-hybridized carbons (Fsp3) is 0.600. The van der Waals surface area contributed by atoms with Crippen molar-refractivity contribution >= 4 is 5.97 Å². The maximum Gasteiger partial charge on any atom is 0.344 e. The average Bonchev–Trinajstić information content (AvgIpc) is 2.59. The molecule has 5 heteroatoms. The molecule has 5 nitrogen and oxygen atoms in total. The first-order valence-electron chi connectivity index (χ1n) is 5.13. The Labute approximate surface area is 87.7 Å². The highest BCUT2D eigenvalue weighted by molar-refractivity contribution is 5.72. The second kappa shape index (κ2) is 3.92. The van der Waals surface area contributed by atoms with E-state index in [0.717, 1.165) is 25.1 Å². The molecule has 0 aliphatic carbocycles. The van der Waals surface area contributed by atoms with Crippen molar-refractivity contribution in [1.29, 1.82) is 0 Å². The number of carboxylic acid groups (broad SMARTS) is 1. The molecule has 82 valence electrons. The molecule has 0 fully saturated rings. The molecule has 1 aliphatic rings. The Morgan fingerprint density at radius 1 is 1.67 bits per heavy atom. The normalized spacial score (nSPS) is 16.9. The van der Waals surface area contributed by atoms with E-state index in [2.05, 4.69) is 5.10 Å². The maximum atomic E-state index is 10.6. The van der Waals surface area contributed by atoms with Gasteiger partial charge in [0.2, 0.25) is 5.88 Å². The monoisotopic (exact) mass is 210 g/mol. The summed E-state index contributed by atoms with van der Waals surface area (Å²) in [5, 5.41) is 12.9. The summed E-state index contributed by atoms with van der Waals surface area (Å²) >= 11 is 0. The van der Waals surface area contributed by atoms with Gasteiger partial charge in [0.15, 0.2) is 6.10 Å². The van der Waals surface area contributed by atoms with Gasteiger partial charge in [-0.05, 0) is 26.2 Å². The fourth-order valence-electron chi connectivity index (χ4n) is 1.68. The van der Waals surface area contributed by atoms with Crippen molar-refractivity contribution in [3.8, 4) is 5.88 Å². The van der Waals surface area contributed by atoms with Crippen LogP contribution in [0.1, 0.15) is 25.5 Å². The third kappa shape index (κ3) is 2.11. The number of carbonyl (C=O) groups is 1. The molecule has 0 spiro atoms. The predicted molar refractivity (Wildman–Crippen MR) is 52.9 cm³/mol. The summed E-state index contributed by atoms with van der Waals surface area (Å²) in [6.45, 7) is 2.40. The summed E-state index contributed by atoms with van der Waals surface area (Å²) in [6.07, 6.45) is 2.45. The van der Waals surface area contributed by atoms with Gasteiger partial charge in [0.1, 0.15) is 0 Å². The number of ether oxygens (including phenoxy) is 1. The van der Waals surface area contributed by atoms with E-state index in [0.29, 0.717) is 5.88 Å². The summed E-state index contributed by atoms with van der Waals surface area (Å²) in [5.41, 5.74) is 1.13. The molecule has 1 atom stereocenters. The van der Waals surface area contributed by atoms with Gasteiger partial charge in [-0.1, -0.05) is 0 Å². The molecule has 2 rings (SSSR count). The molecule has 15 heavy (non-hydrogen) atoms. The van der Waals surface area contributed by atoms with E-state index in [-0.39, 0.29) is 0 Å². The van der Waals surface area contributed by atoms with Gasteiger partial charge in [0.25, 0.3) is 0 Å². The highest BCUT2D eigenvalue weighted by atomic mass is 16.5. The van der Waals surface area contributed by atoms with Gasteiger partial charge in [-0.2, -0.15) is 0 Å². The lowest BCUT2D eigenvalue weighted by molar-refractivity contribution is -0.144. The van der Waals surface area contributed by atoms with Crippen LogP contribution in [0.15, 0.2) is 6.07 Å². The standard InChI is InChI=1S/C10H14N2O3/c1-7(10(13)14)15-9-6-8-4-2-3-5-12(8)11-9/h6-7H,2-5H2,1H3,(H,13,14)/t7-/m0/s1. The van der Waals surface area contributed by atoms with Crippen LogP contribution in [0, 0.1) is 0 Å². The van der Waals surface area contributed by atoms with Gasteiger partial charge in [-0.3, -0.25) is 4.68 Å². The quantitative estimate of drug-likeness (QED) is 0.810. The largest absolute Gasteiger partial charge is 0.479 e. The van der Waals surface area contributed by atoms with Crippen molar-refractivity contribution in [1.82, 2.24) is 9.78 Å². The minimum Gasteiger partial charge on any atom is -0.479 e. The number of rotatable bonds is 3. The molecule has 2 heterocycles. The first-order chi connectivity index (χ1) is 7.16. The Morgan fingerprint density at radius 3 is 3.13 bits per heavy atom. The number of hydrogen-bond acceptors (Lipinski definition) is 3. The molecular weight excluding hydrogens is 196 g/mol. The molecule has 0 unspecified atom stereocenters. The summed E-state index contributed by atoms with van der Waals surface area (Å²) in [6, 6.07) is 1.83. The van der Waals surface area contributed by atoms with E-state index in [1.54, 1.807) is 0 Å². The highest BCUT2D eigenvalue weighted by Gasteiger charge is 2.17. The van der Waals surface area contributed by atoms with E-state index in [9.17, 15) is 4.79 Å². The van der Waals surface area contributed by atoms with E-state index in [1.807, 2.05) is 10.7 Å². The maximum absolute atomic E-state index is 10.6. The first-order valence-corrected chi connectivity index (χ1v) is 5.13. The van der Waals surface area contributed by atoms with E-state index in [1.165, 1.54) is 13.3 Å². The zero-order valence-electron chi connectivity index (χ0n) is 8.64. The number of hydrogen-bond donors (Lipinski definition) is 1. The van der Waals surface area contributed by atoms with Crippen LogP contribution in [-0.2, 0) is 17.8 Å². The van der Waals surface area contributed by atoms with Crippen molar-refractivity contribution in [3.63, 3.8) is 0 Å². The number of aromatic nitrogens is 2. The molecule has 1 aromatic heterocycles. The number of carboxylic acids is 1. The van der Waals surface area contributed by atoms with Gasteiger partial charge in [0, 0.05) is 18.3 Å². The van der Waals surface area contributed by atoms with E-state index in [4.69, 9.17) is 9.84 Å². The lowest BCUT2D eigenvalue weighted by atomic mass is 10.1. The Hall–Kier alpha value is -1.52. The van der Waals surface area contributed by atoms with Gasteiger partial charge >= 0.3 is 5.97 Å². The molecule has 0 radical (unpaired) electrons. The number of aliphatic carboxylic acids is 1. The topological polar surface area (TPSA) is 64.4 Å². The van der Waals surface area contributed by atoms with Crippen LogP contribution < -0.4 is 4.74 Å². The van der Waals surface area contributed by atoms with Crippen LogP contribution in [0.3, 0.4) is 0 Å². The fourth-order valence-corrected chi connectivity index (χ4v) is 1.68.